The van der Waals surface area contributed by atoms with E-state index in [0.29, 0.717) is 25.7 Å². The summed E-state index contributed by atoms with van der Waals surface area (Å²) in [7, 11) is -9.81. The highest BCUT2D eigenvalue weighted by molar-refractivity contribution is 7.47. The smallest absolute Gasteiger partial charge is 0.462 e. The second-order valence-electron chi connectivity index (χ2n) is 16.1. The molecule has 0 bridgehead atoms. The van der Waals surface area contributed by atoms with Crippen LogP contribution >= 0.6 is 15.6 Å². The molecule has 2 unspecified atom stereocenters. The second-order valence-corrected chi connectivity index (χ2v) is 19.0. The van der Waals surface area contributed by atoms with Crippen LogP contribution in [0.1, 0.15) is 201 Å². The largest absolute Gasteiger partial charge is 0.472 e. The number of ether oxygens (including phenoxy) is 4. The van der Waals surface area contributed by atoms with Gasteiger partial charge in [0.25, 0.3) is 0 Å². The van der Waals surface area contributed by atoms with Crippen LogP contribution in [-0.2, 0) is 65.4 Å². The monoisotopic (exact) mass is 947 g/mol. The summed E-state index contributed by atoms with van der Waals surface area (Å²) < 4.78 is 66.2. The molecule has 3 N–H and O–H groups in total. The first-order valence-electron chi connectivity index (χ1n) is 23.8. The number of aliphatic hydroxyl groups excluding tert-OH is 1. The number of hydrogen-bond donors (Lipinski definition) is 3. The van der Waals surface area contributed by atoms with Crippen molar-refractivity contribution < 1.29 is 80.2 Å². The number of unbranched alkanes of at least 4 members (excludes halogenated alkanes) is 19. The first-order chi connectivity index (χ1) is 30.2. The Hall–Kier alpha value is -1.94. The van der Waals surface area contributed by atoms with Gasteiger partial charge in [-0.3, -0.25) is 37.3 Å². The van der Waals surface area contributed by atoms with E-state index in [1.807, 2.05) is 13.8 Å². The molecule has 372 valence electrons. The fourth-order valence-electron chi connectivity index (χ4n) is 6.08. The van der Waals surface area contributed by atoms with Gasteiger partial charge in [-0.15, -0.1) is 0 Å². The molecule has 0 aliphatic heterocycles. The third-order valence-electron chi connectivity index (χ3n) is 9.85. The van der Waals surface area contributed by atoms with Gasteiger partial charge in [0.2, 0.25) is 0 Å². The first-order valence-corrected chi connectivity index (χ1v) is 26.8. The normalized spacial score (nSPS) is 14.8. The predicted octanol–water partition coefficient (Wildman–Crippen LogP) is 10.1. The Bertz CT molecular complexity index is 1270. The summed E-state index contributed by atoms with van der Waals surface area (Å²) >= 11 is 0. The highest BCUT2D eigenvalue weighted by atomic mass is 31.2. The van der Waals surface area contributed by atoms with Crippen LogP contribution in [0, 0.1) is 0 Å². The van der Waals surface area contributed by atoms with Gasteiger partial charge in [0.15, 0.2) is 12.2 Å². The molecule has 63 heavy (non-hydrogen) atoms. The van der Waals surface area contributed by atoms with Gasteiger partial charge in [-0.1, -0.05) is 150 Å². The molecule has 0 saturated heterocycles. The minimum absolute atomic E-state index is 0.0955. The molecule has 0 aromatic heterocycles. The van der Waals surface area contributed by atoms with E-state index in [-0.39, 0.29) is 25.7 Å². The van der Waals surface area contributed by atoms with Crippen molar-refractivity contribution in [2.45, 2.75) is 219 Å². The summed E-state index contributed by atoms with van der Waals surface area (Å²) in [4.78, 5) is 70.1. The maximum Gasteiger partial charge on any atom is 0.472 e. The molecule has 0 radical (unpaired) electrons. The van der Waals surface area contributed by atoms with Crippen LogP contribution in [0.3, 0.4) is 0 Å². The standard InChI is InChI=1S/C44H84O17P2/c1-5-9-13-16-18-20-22-24-27-31-44(49)61-39(34-54-41(46)28-12-8-4)36-58-62(50,51)56-32-38(45)33-57-63(52,53)59-37-40(60-43(48)30-25-15-11-7-3)35-55-42(47)29-26-23-21-19-17-14-10-6-2/h38-40,45H,5-37H2,1-4H3,(H,50,51)(H,52,53)/t38-,39+,40+/m0/s1. The molecular weight excluding hydrogens is 862 g/mol. The SMILES string of the molecule is CCCCCCCCCCCC(=O)O[C@H](COC(=O)CCCC)COP(=O)(O)OC[C@H](O)COP(=O)(O)OC[C@@H](COC(=O)CCCCCCCCCC)OC(=O)CCCCCC. The fraction of sp³-hybridized carbons (Fsp3) is 0.909. The zero-order valence-corrected chi connectivity index (χ0v) is 40.8. The van der Waals surface area contributed by atoms with E-state index >= 15 is 0 Å². The van der Waals surface area contributed by atoms with E-state index < -0.39 is 97.5 Å². The summed E-state index contributed by atoms with van der Waals surface area (Å²) in [5, 5.41) is 10.3. The maximum absolute atomic E-state index is 12.7. The lowest BCUT2D eigenvalue weighted by molar-refractivity contribution is -0.161. The summed E-state index contributed by atoms with van der Waals surface area (Å²) in [6, 6.07) is 0. The van der Waals surface area contributed by atoms with Crippen molar-refractivity contribution in [3.05, 3.63) is 0 Å². The number of hydrogen-bond acceptors (Lipinski definition) is 15. The molecule has 0 rings (SSSR count). The molecule has 5 atom stereocenters. The Balaban J connectivity index is 5.01. The number of aliphatic hydroxyl groups is 1. The molecule has 0 aliphatic rings. The van der Waals surface area contributed by atoms with Gasteiger partial charge in [-0.25, -0.2) is 9.13 Å². The second kappa shape index (κ2) is 40.3. The minimum Gasteiger partial charge on any atom is -0.462 e. The van der Waals surface area contributed by atoms with Crippen LogP contribution in [0.2, 0.25) is 0 Å². The number of phosphoric acid groups is 2. The molecule has 0 aromatic carbocycles. The first kappa shape index (κ1) is 61.1. The zero-order valence-electron chi connectivity index (χ0n) is 39.0. The van der Waals surface area contributed by atoms with Gasteiger partial charge in [0.1, 0.15) is 19.3 Å². The van der Waals surface area contributed by atoms with Crippen molar-refractivity contribution in [2.24, 2.45) is 0 Å². The number of phosphoric ester groups is 2. The molecule has 0 aromatic rings. The molecule has 0 heterocycles. The summed E-state index contributed by atoms with van der Waals surface area (Å²) in [5.74, 6) is -2.22. The van der Waals surface area contributed by atoms with Crippen molar-refractivity contribution in [3.8, 4) is 0 Å². The Morgan fingerprint density at radius 1 is 0.381 bits per heavy atom. The average molecular weight is 947 g/mol. The average Bonchev–Trinajstić information content (AvgIpc) is 3.25. The molecule has 0 fully saturated rings. The molecule has 0 aliphatic carbocycles. The van der Waals surface area contributed by atoms with E-state index in [2.05, 4.69) is 13.8 Å². The number of carbonyl (C=O) groups excluding carboxylic acids is 4. The van der Waals surface area contributed by atoms with E-state index in [4.69, 9.17) is 37.0 Å². The predicted molar refractivity (Wildman–Crippen MR) is 238 cm³/mol. The Morgan fingerprint density at radius 2 is 0.651 bits per heavy atom. The van der Waals surface area contributed by atoms with Gasteiger partial charge in [0.05, 0.1) is 26.4 Å². The van der Waals surface area contributed by atoms with Crippen molar-refractivity contribution in [3.63, 3.8) is 0 Å². The lowest BCUT2D eigenvalue weighted by Crippen LogP contribution is -2.30. The van der Waals surface area contributed by atoms with Crippen LogP contribution in [0.15, 0.2) is 0 Å². The minimum atomic E-state index is -4.90. The van der Waals surface area contributed by atoms with Crippen molar-refractivity contribution in [1.29, 1.82) is 0 Å². The van der Waals surface area contributed by atoms with E-state index in [0.717, 1.165) is 77.0 Å². The zero-order chi connectivity index (χ0) is 47.0. The van der Waals surface area contributed by atoms with Gasteiger partial charge in [-0.05, 0) is 25.7 Å². The highest BCUT2D eigenvalue weighted by Gasteiger charge is 2.30. The molecule has 0 saturated carbocycles. The quantitative estimate of drug-likeness (QED) is 0.0223. The highest BCUT2D eigenvalue weighted by Crippen LogP contribution is 2.45. The van der Waals surface area contributed by atoms with Gasteiger partial charge in [0, 0.05) is 25.7 Å². The number of esters is 4. The van der Waals surface area contributed by atoms with Crippen LogP contribution in [0.25, 0.3) is 0 Å². The Kier molecular flexibility index (Phi) is 39.1. The summed E-state index contributed by atoms with van der Waals surface area (Å²) in [6.45, 7) is 4.29. The molecule has 17 nitrogen and oxygen atoms in total. The van der Waals surface area contributed by atoms with Crippen LogP contribution < -0.4 is 0 Å². The fourth-order valence-corrected chi connectivity index (χ4v) is 7.66. The van der Waals surface area contributed by atoms with Gasteiger partial charge in [-0.2, -0.15) is 0 Å². The molecule has 0 amide bonds. The lowest BCUT2D eigenvalue weighted by atomic mass is 10.1. The topological polar surface area (TPSA) is 237 Å². The molecule has 19 heteroatoms. The summed E-state index contributed by atoms with van der Waals surface area (Å²) in [6.07, 6.45) is 18.9. The lowest BCUT2D eigenvalue weighted by Gasteiger charge is -2.21. The van der Waals surface area contributed by atoms with E-state index in [1.54, 1.807) is 0 Å². The molecular formula is C44H84O17P2. The van der Waals surface area contributed by atoms with Crippen LogP contribution in [-0.4, -0.2) is 96.7 Å². The Labute approximate surface area is 377 Å². The van der Waals surface area contributed by atoms with Crippen LogP contribution in [0.5, 0.6) is 0 Å². The van der Waals surface area contributed by atoms with Gasteiger partial charge >= 0.3 is 39.5 Å². The van der Waals surface area contributed by atoms with E-state index in [1.165, 1.54) is 44.9 Å². The van der Waals surface area contributed by atoms with E-state index in [9.17, 15) is 43.2 Å². The Morgan fingerprint density at radius 3 is 1.00 bits per heavy atom. The van der Waals surface area contributed by atoms with Crippen molar-refractivity contribution in [2.75, 3.05) is 39.6 Å². The number of rotatable bonds is 45. The van der Waals surface area contributed by atoms with Crippen molar-refractivity contribution >= 4 is 39.5 Å². The third-order valence-corrected chi connectivity index (χ3v) is 11.8. The maximum atomic E-state index is 12.7. The van der Waals surface area contributed by atoms with Crippen LogP contribution in [0.4, 0.5) is 0 Å². The molecule has 0 spiro atoms. The summed E-state index contributed by atoms with van der Waals surface area (Å²) in [5.41, 5.74) is 0. The van der Waals surface area contributed by atoms with Gasteiger partial charge < -0.3 is 33.8 Å². The van der Waals surface area contributed by atoms with Crippen molar-refractivity contribution in [1.82, 2.24) is 0 Å². The number of carbonyl (C=O) groups is 4. The third kappa shape index (κ3) is 40.1.